The maximum Gasteiger partial charge on any atom is 0.110 e. The zero-order valence-electron chi connectivity index (χ0n) is 15.1. The lowest BCUT2D eigenvalue weighted by molar-refractivity contribution is 0.373. The van der Waals surface area contributed by atoms with Crippen LogP contribution in [0.5, 0.6) is 0 Å². The van der Waals surface area contributed by atoms with Gasteiger partial charge in [0.15, 0.2) is 0 Å². The van der Waals surface area contributed by atoms with Crippen LogP contribution >= 0.6 is 0 Å². The second kappa shape index (κ2) is 6.64. The first kappa shape index (κ1) is 16.5. The first-order chi connectivity index (χ1) is 11.0. The van der Waals surface area contributed by atoms with Gasteiger partial charge in [0.2, 0.25) is 0 Å². The van der Waals surface area contributed by atoms with Crippen LogP contribution in [-0.4, -0.2) is 18.8 Å². The normalized spacial score (nSPS) is 27.2. The van der Waals surface area contributed by atoms with Crippen molar-refractivity contribution in [2.24, 2.45) is 22.7 Å². The fourth-order valence-electron chi connectivity index (χ4n) is 3.70. The van der Waals surface area contributed by atoms with Crippen molar-refractivity contribution >= 4 is 11.9 Å². The van der Waals surface area contributed by atoms with E-state index in [0.717, 1.165) is 30.8 Å². The molecule has 1 aliphatic heterocycles. The number of rotatable bonds is 4. The molecule has 3 unspecified atom stereocenters. The number of hydrogen-bond acceptors (Lipinski definition) is 3. The number of fused-ring (bicyclic) bond motifs is 1. The van der Waals surface area contributed by atoms with E-state index in [2.05, 4.69) is 52.2 Å². The zero-order chi connectivity index (χ0) is 16.6. The molecule has 3 heteroatoms. The summed E-state index contributed by atoms with van der Waals surface area (Å²) in [5, 5.41) is 3.67. The van der Waals surface area contributed by atoms with Gasteiger partial charge in [-0.1, -0.05) is 33.8 Å². The van der Waals surface area contributed by atoms with Crippen LogP contribution in [0.1, 0.15) is 56.8 Å². The third-order valence-corrected chi connectivity index (χ3v) is 5.31. The molecular weight excluding hydrogens is 284 g/mol. The molecule has 0 fully saturated rings. The summed E-state index contributed by atoms with van der Waals surface area (Å²) in [4.78, 5) is 4.88. The Bertz CT molecular complexity index is 624. The molecule has 1 N–H and O–H groups in total. The molecule has 0 radical (unpaired) electrons. The SMILES string of the molecule is Cc1oc2c(c1C1=CC(C)C(C)C(NCC(C)C)C=N1)CCC2. The molecule has 3 atom stereocenters. The van der Waals surface area contributed by atoms with Gasteiger partial charge < -0.3 is 9.73 Å². The van der Waals surface area contributed by atoms with Crippen LogP contribution < -0.4 is 5.32 Å². The van der Waals surface area contributed by atoms with Crippen LogP contribution in [0.4, 0.5) is 0 Å². The van der Waals surface area contributed by atoms with Crippen molar-refractivity contribution < 1.29 is 4.42 Å². The Labute approximate surface area is 140 Å². The fraction of sp³-hybridized carbons (Fsp3) is 0.650. The van der Waals surface area contributed by atoms with Crippen molar-refractivity contribution in [1.29, 1.82) is 0 Å². The predicted molar refractivity (Wildman–Crippen MR) is 96.9 cm³/mol. The summed E-state index contributed by atoms with van der Waals surface area (Å²) in [7, 11) is 0. The minimum Gasteiger partial charge on any atom is -0.465 e. The summed E-state index contributed by atoms with van der Waals surface area (Å²) in [6, 6.07) is 0.335. The van der Waals surface area contributed by atoms with Crippen LogP contribution in [0.25, 0.3) is 5.70 Å². The fourth-order valence-corrected chi connectivity index (χ4v) is 3.70. The topological polar surface area (TPSA) is 37.5 Å². The molecule has 0 aromatic carbocycles. The Kier molecular flexibility index (Phi) is 4.77. The summed E-state index contributed by atoms with van der Waals surface area (Å²) >= 11 is 0. The highest BCUT2D eigenvalue weighted by Gasteiger charge is 2.28. The summed E-state index contributed by atoms with van der Waals surface area (Å²) in [5.74, 6) is 3.90. The van der Waals surface area contributed by atoms with Crippen LogP contribution in [0, 0.1) is 24.7 Å². The first-order valence-electron chi connectivity index (χ1n) is 9.08. The molecule has 3 rings (SSSR count). The third kappa shape index (κ3) is 3.30. The largest absolute Gasteiger partial charge is 0.465 e. The van der Waals surface area contributed by atoms with Crippen molar-refractivity contribution in [1.82, 2.24) is 5.32 Å². The maximum absolute atomic E-state index is 5.99. The average Bonchev–Trinajstić information content (AvgIpc) is 3.01. The van der Waals surface area contributed by atoms with Gasteiger partial charge >= 0.3 is 0 Å². The summed E-state index contributed by atoms with van der Waals surface area (Å²) in [5.41, 5.74) is 3.78. The number of nitrogens with zero attached hydrogens (tertiary/aromatic N) is 1. The summed E-state index contributed by atoms with van der Waals surface area (Å²) < 4.78 is 5.99. The van der Waals surface area contributed by atoms with Gasteiger partial charge in [-0.2, -0.15) is 0 Å². The molecule has 0 saturated carbocycles. The van der Waals surface area contributed by atoms with E-state index in [9.17, 15) is 0 Å². The molecule has 0 bridgehead atoms. The van der Waals surface area contributed by atoms with Crippen LogP contribution in [-0.2, 0) is 12.8 Å². The standard InChI is InChI=1S/C20H30N2O/c1-12(2)10-21-18-11-22-17(9-13(3)14(18)4)20-15(5)23-19-8-6-7-16(19)20/h9,11-14,18,21H,6-8,10H2,1-5H3. The van der Waals surface area contributed by atoms with E-state index in [1.807, 2.05) is 0 Å². The number of aryl methyl sites for hydroxylation is 2. The van der Waals surface area contributed by atoms with E-state index in [1.54, 1.807) is 0 Å². The smallest absolute Gasteiger partial charge is 0.110 e. The highest BCUT2D eigenvalue weighted by atomic mass is 16.3. The van der Waals surface area contributed by atoms with Crippen molar-refractivity contribution in [3.8, 4) is 0 Å². The number of furan rings is 1. The van der Waals surface area contributed by atoms with E-state index >= 15 is 0 Å². The molecule has 0 saturated heterocycles. The highest BCUT2D eigenvalue weighted by Crippen LogP contribution is 2.37. The molecule has 0 spiro atoms. The van der Waals surface area contributed by atoms with Gasteiger partial charge in [0.05, 0.1) is 5.70 Å². The quantitative estimate of drug-likeness (QED) is 0.895. The number of allylic oxidation sites excluding steroid dienone is 1. The Hall–Kier alpha value is -1.35. The van der Waals surface area contributed by atoms with Gasteiger partial charge in [0.1, 0.15) is 11.5 Å². The van der Waals surface area contributed by atoms with Crippen LogP contribution in [0.15, 0.2) is 15.5 Å². The van der Waals surface area contributed by atoms with E-state index in [-0.39, 0.29) is 0 Å². The first-order valence-corrected chi connectivity index (χ1v) is 9.08. The number of hydrogen-bond donors (Lipinski definition) is 1. The van der Waals surface area contributed by atoms with Crippen LogP contribution in [0.2, 0.25) is 0 Å². The summed E-state index contributed by atoms with van der Waals surface area (Å²) in [6.45, 7) is 12.2. The van der Waals surface area contributed by atoms with E-state index in [1.165, 1.54) is 23.3 Å². The van der Waals surface area contributed by atoms with E-state index < -0.39 is 0 Å². The lowest BCUT2D eigenvalue weighted by Crippen LogP contribution is -2.40. The maximum atomic E-state index is 5.99. The lowest BCUT2D eigenvalue weighted by Gasteiger charge is -2.24. The van der Waals surface area contributed by atoms with Crippen LogP contribution in [0.3, 0.4) is 0 Å². The molecule has 1 aromatic rings. The van der Waals surface area contributed by atoms with Crippen molar-refractivity contribution in [3.63, 3.8) is 0 Å². The predicted octanol–water partition coefficient (Wildman–Crippen LogP) is 4.39. The summed E-state index contributed by atoms with van der Waals surface area (Å²) in [6.07, 6.45) is 7.89. The lowest BCUT2D eigenvalue weighted by atomic mass is 9.88. The Morgan fingerprint density at radius 2 is 2.09 bits per heavy atom. The van der Waals surface area contributed by atoms with Gasteiger partial charge in [-0.3, -0.25) is 4.99 Å². The Balaban J connectivity index is 1.89. The molecule has 126 valence electrons. The second-order valence-corrected chi connectivity index (χ2v) is 7.66. The third-order valence-electron chi connectivity index (χ3n) is 5.31. The minimum atomic E-state index is 0.335. The zero-order valence-corrected chi connectivity index (χ0v) is 15.1. The Morgan fingerprint density at radius 3 is 2.83 bits per heavy atom. The molecule has 1 aromatic heterocycles. The molecule has 23 heavy (non-hydrogen) atoms. The Morgan fingerprint density at radius 1 is 1.30 bits per heavy atom. The van der Waals surface area contributed by atoms with Gasteiger partial charge in [0.25, 0.3) is 0 Å². The van der Waals surface area contributed by atoms with E-state index in [4.69, 9.17) is 9.41 Å². The molecule has 3 nitrogen and oxygen atoms in total. The average molecular weight is 314 g/mol. The molecule has 0 amide bonds. The second-order valence-electron chi connectivity index (χ2n) is 7.66. The van der Waals surface area contributed by atoms with Gasteiger partial charge in [-0.25, -0.2) is 0 Å². The van der Waals surface area contributed by atoms with Gasteiger partial charge in [-0.15, -0.1) is 0 Å². The molecule has 2 aliphatic rings. The van der Waals surface area contributed by atoms with Crippen molar-refractivity contribution in [2.45, 2.75) is 59.9 Å². The van der Waals surface area contributed by atoms with Crippen molar-refractivity contribution in [2.75, 3.05) is 6.54 Å². The number of nitrogens with one attached hydrogen (secondary N) is 1. The monoisotopic (exact) mass is 314 g/mol. The molecule has 2 heterocycles. The highest BCUT2D eigenvalue weighted by molar-refractivity contribution is 5.80. The minimum absolute atomic E-state index is 0.335. The molecular formula is C20H30N2O. The van der Waals surface area contributed by atoms with E-state index in [0.29, 0.717) is 23.8 Å². The van der Waals surface area contributed by atoms with Gasteiger partial charge in [0, 0.05) is 29.8 Å². The number of aliphatic imine (C=N–C) groups is 1. The van der Waals surface area contributed by atoms with Gasteiger partial charge in [-0.05, 0) is 44.1 Å². The molecule has 1 aliphatic carbocycles. The van der Waals surface area contributed by atoms with Crippen molar-refractivity contribution in [3.05, 3.63) is 28.7 Å².